The van der Waals surface area contributed by atoms with E-state index in [1.807, 2.05) is 26.2 Å². The first-order valence-electron chi connectivity index (χ1n) is 7.64. The normalized spacial score (nSPS) is 18.7. The Bertz CT molecular complexity index is 514. The van der Waals surface area contributed by atoms with Gasteiger partial charge in [-0.15, -0.1) is 0 Å². The molecule has 1 aromatic carbocycles. The van der Waals surface area contributed by atoms with Crippen molar-refractivity contribution in [1.82, 2.24) is 10.2 Å². The third-order valence-corrected chi connectivity index (χ3v) is 4.27. The number of amides is 1. The maximum atomic E-state index is 12.4. The highest BCUT2D eigenvalue weighted by Gasteiger charge is 2.29. The number of hydrogen-bond acceptors (Lipinski definition) is 2. The van der Waals surface area contributed by atoms with Gasteiger partial charge in [0.15, 0.2) is 0 Å². The quantitative estimate of drug-likeness (QED) is 0.904. The molecule has 4 heteroatoms. The average Bonchev–Trinajstić information content (AvgIpc) is 2.78. The third-order valence-electron chi connectivity index (χ3n) is 4.03. The first kappa shape index (κ1) is 16.3. The minimum Gasteiger partial charge on any atom is -0.347 e. The lowest BCUT2D eigenvalue weighted by Crippen LogP contribution is -2.45. The van der Waals surface area contributed by atoms with Gasteiger partial charge in [-0.2, -0.15) is 0 Å². The summed E-state index contributed by atoms with van der Waals surface area (Å²) in [5, 5.41) is 4.36. The Labute approximate surface area is 132 Å². The van der Waals surface area contributed by atoms with Gasteiger partial charge in [0.25, 0.3) is 0 Å². The lowest BCUT2D eigenvalue weighted by molar-refractivity contribution is -0.131. The second-order valence-electron chi connectivity index (χ2n) is 6.52. The summed E-state index contributed by atoms with van der Waals surface area (Å²) in [6.07, 6.45) is 2.92. The molecule has 2 unspecified atom stereocenters. The van der Waals surface area contributed by atoms with Gasteiger partial charge in [-0.05, 0) is 48.4 Å². The van der Waals surface area contributed by atoms with Crippen LogP contribution < -0.4 is 5.32 Å². The molecule has 0 bridgehead atoms. The van der Waals surface area contributed by atoms with Crippen molar-refractivity contribution in [3.63, 3.8) is 0 Å². The van der Waals surface area contributed by atoms with Gasteiger partial charge in [0, 0.05) is 25.2 Å². The average molecular weight is 309 g/mol. The number of nitrogens with zero attached hydrogens (tertiary/aromatic N) is 1. The maximum absolute atomic E-state index is 12.4. The molecule has 0 saturated heterocycles. The van der Waals surface area contributed by atoms with Crippen LogP contribution in [0.1, 0.15) is 43.9 Å². The molecule has 1 N–H and O–H groups in total. The standard InChI is InChI=1S/C17H25ClN2O/c1-11(2)9-16(17(21)20(3)4)19-15-8-5-12-10-13(18)6-7-14(12)15/h6-7,10-11,15-16,19H,5,8-9H2,1-4H3. The molecular weight excluding hydrogens is 284 g/mol. The van der Waals surface area contributed by atoms with Gasteiger partial charge in [-0.25, -0.2) is 0 Å². The zero-order valence-electron chi connectivity index (χ0n) is 13.3. The van der Waals surface area contributed by atoms with Crippen LogP contribution in [0.15, 0.2) is 18.2 Å². The van der Waals surface area contributed by atoms with Crippen LogP contribution in [-0.4, -0.2) is 30.9 Å². The fourth-order valence-corrected chi connectivity index (χ4v) is 3.22. The van der Waals surface area contributed by atoms with E-state index in [-0.39, 0.29) is 18.0 Å². The highest BCUT2D eigenvalue weighted by molar-refractivity contribution is 6.30. The summed E-state index contributed by atoms with van der Waals surface area (Å²) in [6.45, 7) is 4.31. The van der Waals surface area contributed by atoms with Crippen LogP contribution in [0.3, 0.4) is 0 Å². The molecule has 1 aromatic rings. The topological polar surface area (TPSA) is 32.3 Å². The van der Waals surface area contributed by atoms with Gasteiger partial charge in [0.05, 0.1) is 6.04 Å². The number of hydrogen-bond donors (Lipinski definition) is 1. The number of carbonyl (C=O) groups is 1. The molecule has 116 valence electrons. The Morgan fingerprint density at radius 3 is 2.76 bits per heavy atom. The van der Waals surface area contributed by atoms with E-state index in [2.05, 4.69) is 25.2 Å². The number of halogens is 1. The zero-order valence-corrected chi connectivity index (χ0v) is 14.1. The predicted molar refractivity (Wildman–Crippen MR) is 87.6 cm³/mol. The Kier molecular flexibility index (Phi) is 5.28. The summed E-state index contributed by atoms with van der Waals surface area (Å²) in [6, 6.07) is 6.21. The molecule has 1 aliphatic rings. The molecule has 2 atom stereocenters. The lowest BCUT2D eigenvalue weighted by atomic mass is 10.0. The van der Waals surface area contributed by atoms with Crippen molar-refractivity contribution in [2.45, 2.75) is 45.2 Å². The van der Waals surface area contributed by atoms with E-state index in [4.69, 9.17) is 11.6 Å². The first-order chi connectivity index (χ1) is 9.88. The van der Waals surface area contributed by atoms with Crippen molar-refractivity contribution >= 4 is 17.5 Å². The summed E-state index contributed by atoms with van der Waals surface area (Å²) < 4.78 is 0. The molecule has 0 saturated carbocycles. The Morgan fingerprint density at radius 1 is 1.43 bits per heavy atom. The lowest BCUT2D eigenvalue weighted by Gasteiger charge is -2.26. The molecule has 0 aromatic heterocycles. The van der Waals surface area contributed by atoms with Crippen molar-refractivity contribution in [1.29, 1.82) is 0 Å². The molecule has 1 amide bonds. The van der Waals surface area contributed by atoms with Crippen molar-refractivity contribution in [2.24, 2.45) is 5.92 Å². The summed E-state index contributed by atoms with van der Waals surface area (Å²) in [4.78, 5) is 14.1. The molecular formula is C17H25ClN2O. The summed E-state index contributed by atoms with van der Waals surface area (Å²) in [5.41, 5.74) is 2.60. The van der Waals surface area contributed by atoms with Gasteiger partial charge >= 0.3 is 0 Å². The molecule has 0 radical (unpaired) electrons. The summed E-state index contributed by atoms with van der Waals surface area (Å²) in [7, 11) is 3.64. The fourth-order valence-electron chi connectivity index (χ4n) is 3.03. The van der Waals surface area contributed by atoms with E-state index < -0.39 is 0 Å². The molecule has 0 spiro atoms. The van der Waals surface area contributed by atoms with Crippen LogP contribution >= 0.6 is 11.6 Å². The van der Waals surface area contributed by atoms with E-state index in [9.17, 15) is 4.79 Å². The fraction of sp³-hybridized carbons (Fsp3) is 0.588. The van der Waals surface area contributed by atoms with Gasteiger partial charge in [0.1, 0.15) is 0 Å². The van der Waals surface area contributed by atoms with Gasteiger partial charge in [-0.1, -0.05) is 31.5 Å². The smallest absolute Gasteiger partial charge is 0.239 e. The number of benzene rings is 1. The van der Waals surface area contributed by atoms with E-state index in [1.165, 1.54) is 11.1 Å². The van der Waals surface area contributed by atoms with E-state index in [0.29, 0.717) is 5.92 Å². The second kappa shape index (κ2) is 6.80. The van der Waals surface area contributed by atoms with Gasteiger partial charge in [0.2, 0.25) is 5.91 Å². The number of carbonyl (C=O) groups excluding carboxylic acids is 1. The molecule has 21 heavy (non-hydrogen) atoms. The van der Waals surface area contributed by atoms with Crippen LogP contribution in [0.4, 0.5) is 0 Å². The monoisotopic (exact) mass is 308 g/mol. The van der Waals surface area contributed by atoms with E-state index in [0.717, 1.165) is 24.3 Å². The first-order valence-corrected chi connectivity index (χ1v) is 8.01. The number of aryl methyl sites for hydroxylation is 1. The van der Waals surface area contributed by atoms with Crippen molar-refractivity contribution < 1.29 is 4.79 Å². The molecule has 0 heterocycles. The number of nitrogens with one attached hydrogen (secondary N) is 1. The largest absolute Gasteiger partial charge is 0.347 e. The highest BCUT2D eigenvalue weighted by atomic mass is 35.5. The Morgan fingerprint density at radius 2 is 2.14 bits per heavy atom. The molecule has 1 aliphatic carbocycles. The van der Waals surface area contributed by atoms with Gasteiger partial charge in [-0.3, -0.25) is 10.1 Å². The Balaban J connectivity index is 2.13. The van der Waals surface area contributed by atoms with Crippen LogP contribution in [0.5, 0.6) is 0 Å². The minimum atomic E-state index is -0.119. The van der Waals surface area contributed by atoms with E-state index >= 15 is 0 Å². The second-order valence-corrected chi connectivity index (χ2v) is 6.95. The van der Waals surface area contributed by atoms with Crippen molar-refractivity contribution in [2.75, 3.05) is 14.1 Å². The third kappa shape index (κ3) is 3.98. The van der Waals surface area contributed by atoms with Crippen LogP contribution in [0.25, 0.3) is 0 Å². The zero-order chi connectivity index (χ0) is 15.6. The van der Waals surface area contributed by atoms with Crippen LogP contribution in [0.2, 0.25) is 5.02 Å². The number of likely N-dealkylation sites (N-methyl/N-ethyl adjacent to an activating group) is 1. The maximum Gasteiger partial charge on any atom is 0.239 e. The van der Waals surface area contributed by atoms with Gasteiger partial charge < -0.3 is 4.90 Å². The van der Waals surface area contributed by atoms with Crippen molar-refractivity contribution in [3.05, 3.63) is 34.3 Å². The molecule has 2 rings (SSSR count). The number of rotatable bonds is 5. The minimum absolute atomic E-state index is 0.119. The van der Waals surface area contributed by atoms with E-state index in [1.54, 1.807) is 4.90 Å². The van der Waals surface area contributed by atoms with Crippen LogP contribution in [0, 0.1) is 5.92 Å². The SMILES string of the molecule is CC(C)CC(NC1CCc2cc(Cl)ccc21)C(=O)N(C)C. The summed E-state index contributed by atoms with van der Waals surface area (Å²) >= 11 is 6.06. The summed E-state index contributed by atoms with van der Waals surface area (Å²) in [5.74, 6) is 0.642. The van der Waals surface area contributed by atoms with Crippen molar-refractivity contribution in [3.8, 4) is 0 Å². The number of fused-ring (bicyclic) bond motifs is 1. The molecule has 3 nitrogen and oxygen atoms in total. The molecule has 0 fully saturated rings. The predicted octanol–water partition coefficient (Wildman–Crippen LogP) is 3.42. The Hall–Kier alpha value is -1.06. The highest BCUT2D eigenvalue weighted by Crippen LogP contribution is 2.33. The van der Waals surface area contributed by atoms with Crippen LogP contribution in [-0.2, 0) is 11.2 Å². The molecule has 0 aliphatic heterocycles.